The van der Waals surface area contributed by atoms with E-state index in [0.29, 0.717) is 6.04 Å². The van der Waals surface area contributed by atoms with Crippen molar-refractivity contribution in [3.8, 4) is 0 Å². The van der Waals surface area contributed by atoms with Crippen LogP contribution in [0.5, 0.6) is 0 Å². The Morgan fingerprint density at radius 1 is 1.44 bits per heavy atom. The van der Waals surface area contributed by atoms with Crippen LogP contribution in [0.1, 0.15) is 35.7 Å². The van der Waals surface area contributed by atoms with Crippen molar-refractivity contribution < 1.29 is 0 Å². The molecule has 90 valence electrons. The van der Waals surface area contributed by atoms with Crippen LogP contribution >= 0.6 is 23.1 Å². The molecule has 0 saturated carbocycles. The summed E-state index contributed by atoms with van der Waals surface area (Å²) in [7, 11) is 2.10. The molecule has 1 aliphatic heterocycles. The first kappa shape index (κ1) is 12.5. The van der Waals surface area contributed by atoms with E-state index in [2.05, 4.69) is 42.5 Å². The van der Waals surface area contributed by atoms with Crippen LogP contribution in [-0.4, -0.2) is 18.6 Å². The maximum absolute atomic E-state index is 3.49. The fourth-order valence-corrected chi connectivity index (χ4v) is 4.44. The normalized spacial score (nSPS) is 19.9. The molecular formula is C13H21NS2. The Morgan fingerprint density at radius 3 is 2.75 bits per heavy atom. The summed E-state index contributed by atoms with van der Waals surface area (Å²) in [4.78, 5) is 1.48. The van der Waals surface area contributed by atoms with E-state index in [1.165, 1.54) is 41.2 Å². The van der Waals surface area contributed by atoms with Crippen molar-refractivity contribution in [2.75, 3.05) is 18.6 Å². The van der Waals surface area contributed by atoms with Gasteiger partial charge in [0.25, 0.3) is 0 Å². The van der Waals surface area contributed by atoms with Crippen molar-refractivity contribution in [2.24, 2.45) is 5.92 Å². The molecule has 0 bridgehead atoms. The van der Waals surface area contributed by atoms with Crippen LogP contribution in [0.3, 0.4) is 0 Å². The van der Waals surface area contributed by atoms with E-state index in [1.807, 2.05) is 11.3 Å². The third-order valence-electron chi connectivity index (χ3n) is 3.53. The predicted molar refractivity (Wildman–Crippen MR) is 75.5 cm³/mol. The molecule has 0 amide bonds. The maximum atomic E-state index is 3.49. The number of aryl methyl sites for hydroxylation is 1. The SMILES string of the molecule is CNC(CC1CCSCC1)c1ccsc1C. The van der Waals surface area contributed by atoms with Gasteiger partial charge in [-0.25, -0.2) is 0 Å². The Morgan fingerprint density at radius 2 is 2.19 bits per heavy atom. The van der Waals surface area contributed by atoms with Crippen molar-refractivity contribution >= 4 is 23.1 Å². The average Bonchev–Trinajstić information content (AvgIpc) is 2.74. The number of hydrogen-bond donors (Lipinski definition) is 1. The molecule has 1 saturated heterocycles. The zero-order chi connectivity index (χ0) is 11.4. The van der Waals surface area contributed by atoms with E-state index in [4.69, 9.17) is 0 Å². The van der Waals surface area contributed by atoms with Gasteiger partial charge in [-0.3, -0.25) is 0 Å². The molecule has 3 heteroatoms. The minimum atomic E-state index is 0.569. The molecule has 2 rings (SSSR count). The van der Waals surface area contributed by atoms with E-state index in [9.17, 15) is 0 Å². The third kappa shape index (κ3) is 3.02. The minimum Gasteiger partial charge on any atom is -0.313 e. The molecule has 1 fully saturated rings. The Kier molecular flexibility index (Phi) is 4.74. The van der Waals surface area contributed by atoms with Crippen molar-refractivity contribution in [2.45, 2.75) is 32.2 Å². The van der Waals surface area contributed by atoms with Gasteiger partial charge in [0.1, 0.15) is 0 Å². The largest absolute Gasteiger partial charge is 0.313 e. The summed E-state index contributed by atoms with van der Waals surface area (Å²) in [5.41, 5.74) is 1.52. The lowest BCUT2D eigenvalue weighted by molar-refractivity contribution is 0.384. The summed E-state index contributed by atoms with van der Waals surface area (Å²) in [6.45, 7) is 2.24. The van der Waals surface area contributed by atoms with Crippen molar-refractivity contribution in [1.29, 1.82) is 0 Å². The zero-order valence-corrected chi connectivity index (χ0v) is 11.8. The fraction of sp³-hybridized carbons (Fsp3) is 0.692. The van der Waals surface area contributed by atoms with Crippen LogP contribution in [0.2, 0.25) is 0 Å². The topological polar surface area (TPSA) is 12.0 Å². The molecule has 1 aromatic heterocycles. The van der Waals surface area contributed by atoms with Crippen LogP contribution in [0.15, 0.2) is 11.4 Å². The lowest BCUT2D eigenvalue weighted by Crippen LogP contribution is -2.22. The first-order chi connectivity index (χ1) is 7.81. The van der Waals surface area contributed by atoms with E-state index in [-0.39, 0.29) is 0 Å². The van der Waals surface area contributed by atoms with Crippen LogP contribution < -0.4 is 5.32 Å². The number of hydrogen-bond acceptors (Lipinski definition) is 3. The molecule has 1 aromatic rings. The molecule has 1 nitrogen and oxygen atoms in total. The summed E-state index contributed by atoms with van der Waals surface area (Å²) < 4.78 is 0. The number of thioether (sulfide) groups is 1. The van der Waals surface area contributed by atoms with Gasteiger partial charge in [0.2, 0.25) is 0 Å². The second kappa shape index (κ2) is 6.08. The van der Waals surface area contributed by atoms with Gasteiger partial charge in [-0.15, -0.1) is 11.3 Å². The zero-order valence-electron chi connectivity index (χ0n) is 10.2. The highest BCUT2D eigenvalue weighted by molar-refractivity contribution is 7.99. The molecule has 0 spiro atoms. The first-order valence-electron chi connectivity index (χ1n) is 6.10. The quantitative estimate of drug-likeness (QED) is 0.877. The van der Waals surface area contributed by atoms with Gasteiger partial charge in [-0.05, 0) is 67.7 Å². The molecule has 1 aliphatic rings. The highest BCUT2D eigenvalue weighted by Gasteiger charge is 2.20. The standard InChI is InChI=1S/C13H21NS2/c1-10-12(5-8-16-10)13(14-2)9-11-3-6-15-7-4-11/h5,8,11,13-14H,3-4,6-7,9H2,1-2H3. The molecule has 2 heterocycles. The Bertz CT molecular complexity index is 315. The van der Waals surface area contributed by atoms with Crippen molar-refractivity contribution in [1.82, 2.24) is 5.32 Å². The number of nitrogens with one attached hydrogen (secondary N) is 1. The number of rotatable bonds is 4. The van der Waals surface area contributed by atoms with Crippen LogP contribution in [-0.2, 0) is 0 Å². The van der Waals surface area contributed by atoms with E-state index < -0.39 is 0 Å². The molecule has 16 heavy (non-hydrogen) atoms. The Balaban J connectivity index is 1.97. The molecule has 0 aromatic carbocycles. The van der Waals surface area contributed by atoms with Gasteiger partial charge in [0.05, 0.1) is 0 Å². The maximum Gasteiger partial charge on any atom is 0.0331 e. The van der Waals surface area contributed by atoms with E-state index in [1.54, 1.807) is 0 Å². The molecule has 0 aliphatic carbocycles. The van der Waals surface area contributed by atoms with Crippen molar-refractivity contribution in [3.63, 3.8) is 0 Å². The molecule has 1 atom stereocenters. The number of thiophene rings is 1. The van der Waals surface area contributed by atoms with Gasteiger partial charge in [-0.2, -0.15) is 11.8 Å². The summed E-state index contributed by atoms with van der Waals surface area (Å²) in [6, 6.07) is 2.86. The van der Waals surface area contributed by atoms with Gasteiger partial charge >= 0.3 is 0 Å². The monoisotopic (exact) mass is 255 g/mol. The van der Waals surface area contributed by atoms with E-state index in [0.717, 1.165) is 5.92 Å². The second-order valence-corrected chi connectivity index (χ2v) is 6.91. The smallest absolute Gasteiger partial charge is 0.0331 e. The Hall–Kier alpha value is 0.01000. The van der Waals surface area contributed by atoms with Gasteiger partial charge in [-0.1, -0.05) is 0 Å². The molecule has 1 unspecified atom stereocenters. The van der Waals surface area contributed by atoms with Crippen LogP contribution in [0.25, 0.3) is 0 Å². The third-order valence-corrected chi connectivity index (χ3v) is 5.44. The van der Waals surface area contributed by atoms with Crippen LogP contribution in [0, 0.1) is 12.8 Å². The lowest BCUT2D eigenvalue weighted by atomic mass is 9.91. The highest BCUT2D eigenvalue weighted by atomic mass is 32.2. The summed E-state index contributed by atoms with van der Waals surface area (Å²) in [6.07, 6.45) is 4.13. The summed E-state index contributed by atoms with van der Waals surface area (Å²) >= 11 is 3.98. The van der Waals surface area contributed by atoms with Crippen molar-refractivity contribution in [3.05, 3.63) is 21.9 Å². The predicted octanol–water partition coefficient (Wildman–Crippen LogP) is 3.85. The van der Waals surface area contributed by atoms with Gasteiger partial charge < -0.3 is 5.32 Å². The molecular weight excluding hydrogens is 234 g/mol. The van der Waals surface area contributed by atoms with Gasteiger partial charge in [0.15, 0.2) is 0 Å². The van der Waals surface area contributed by atoms with Crippen LogP contribution in [0.4, 0.5) is 0 Å². The molecule has 1 N–H and O–H groups in total. The fourth-order valence-electron chi connectivity index (χ4n) is 2.47. The highest BCUT2D eigenvalue weighted by Crippen LogP contribution is 2.33. The minimum absolute atomic E-state index is 0.569. The van der Waals surface area contributed by atoms with E-state index >= 15 is 0 Å². The summed E-state index contributed by atoms with van der Waals surface area (Å²) in [5.74, 6) is 3.66. The second-order valence-electron chi connectivity index (χ2n) is 4.56. The Labute approximate surface area is 107 Å². The summed E-state index contributed by atoms with van der Waals surface area (Å²) in [5, 5.41) is 5.71. The first-order valence-corrected chi connectivity index (χ1v) is 8.13. The average molecular weight is 255 g/mol. The lowest BCUT2D eigenvalue weighted by Gasteiger charge is -2.26. The van der Waals surface area contributed by atoms with Gasteiger partial charge in [0, 0.05) is 10.9 Å². The molecule has 0 radical (unpaired) electrons.